The number of allylic oxidation sites excluding steroid dienone is 1. The maximum absolute atomic E-state index is 13.2. The van der Waals surface area contributed by atoms with Gasteiger partial charge in [0.2, 0.25) is 0 Å². The Kier molecular flexibility index (Phi) is 11.3. The van der Waals surface area contributed by atoms with Crippen molar-refractivity contribution in [1.82, 2.24) is 0 Å². The van der Waals surface area contributed by atoms with Gasteiger partial charge in [0.25, 0.3) is 11.4 Å². The van der Waals surface area contributed by atoms with Gasteiger partial charge in [-0.1, -0.05) is 42.2 Å². The molecule has 0 heterocycles. The van der Waals surface area contributed by atoms with Gasteiger partial charge in [-0.2, -0.15) is 0 Å². The number of non-ortho nitro benzene ring substituents is 2. The zero-order valence-corrected chi connectivity index (χ0v) is 23.0. The smallest absolute Gasteiger partial charge is 0.335 e. The molecule has 0 aromatic heterocycles. The molecule has 0 aliphatic heterocycles. The first-order chi connectivity index (χ1) is 20.2. The lowest BCUT2D eigenvalue weighted by Gasteiger charge is -2.21. The van der Waals surface area contributed by atoms with E-state index in [1.165, 1.54) is 60.7 Å². The van der Waals surface area contributed by atoms with E-state index in [1.54, 1.807) is 13.8 Å². The topological polar surface area (TPSA) is 139 Å². The molecule has 0 fully saturated rings. The highest BCUT2D eigenvalue weighted by atomic mass is 16.6. The molecule has 42 heavy (non-hydrogen) atoms. The normalized spacial score (nSPS) is 12.0. The number of benzene rings is 3. The van der Waals surface area contributed by atoms with Gasteiger partial charge in [-0.3, -0.25) is 20.2 Å². The molecule has 0 aliphatic carbocycles. The zero-order chi connectivity index (χ0) is 30.5. The lowest BCUT2D eigenvalue weighted by Crippen LogP contribution is -2.18. The summed E-state index contributed by atoms with van der Waals surface area (Å²) in [7, 11) is 0. The van der Waals surface area contributed by atoms with Crippen LogP contribution in [0.25, 0.3) is 6.08 Å². The van der Waals surface area contributed by atoms with Crippen molar-refractivity contribution in [2.75, 3.05) is 13.2 Å². The molecular weight excluding hydrogens is 540 g/mol. The summed E-state index contributed by atoms with van der Waals surface area (Å²) < 4.78 is 10.6. The van der Waals surface area contributed by atoms with Crippen molar-refractivity contribution < 1.29 is 28.9 Å². The van der Waals surface area contributed by atoms with Crippen LogP contribution in [0.1, 0.15) is 42.9 Å². The van der Waals surface area contributed by atoms with Crippen LogP contribution < -0.4 is 0 Å². The summed E-state index contributed by atoms with van der Waals surface area (Å²) in [5.74, 6) is 3.73. The number of hydrogen-bond acceptors (Lipinski definition) is 8. The van der Waals surface area contributed by atoms with Crippen LogP contribution in [0.2, 0.25) is 0 Å². The summed E-state index contributed by atoms with van der Waals surface area (Å²) in [5.41, 5.74) is 1.76. The number of rotatable bonds is 11. The highest BCUT2D eigenvalue weighted by Gasteiger charge is 2.28. The third kappa shape index (κ3) is 8.72. The van der Waals surface area contributed by atoms with Crippen molar-refractivity contribution in [3.05, 3.63) is 133 Å². The summed E-state index contributed by atoms with van der Waals surface area (Å²) >= 11 is 0. The van der Waals surface area contributed by atoms with E-state index in [-0.39, 0.29) is 42.2 Å². The van der Waals surface area contributed by atoms with Crippen molar-refractivity contribution in [1.29, 1.82) is 0 Å². The Balaban J connectivity index is 2.16. The van der Waals surface area contributed by atoms with Gasteiger partial charge in [-0.25, -0.2) is 9.59 Å². The fourth-order valence-electron chi connectivity index (χ4n) is 4.01. The number of nitro benzene ring substituents is 2. The van der Waals surface area contributed by atoms with Gasteiger partial charge in [-0.15, -0.1) is 0 Å². The second-order valence-corrected chi connectivity index (χ2v) is 8.80. The lowest BCUT2D eigenvalue weighted by molar-refractivity contribution is -0.385. The second-order valence-electron chi connectivity index (χ2n) is 8.80. The monoisotopic (exact) mass is 568 g/mol. The van der Waals surface area contributed by atoms with Crippen LogP contribution in [0.3, 0.4) is 0 Å². The molecule has 1 unspecified atom stereocenters. The molecule has 1 atom stereocenters. The van der Waals surface area contributed by atoms with Crippen LogP contribution in [0.15, 0.2) is 96.1 Å². The number of esters is 2. The minimum atomic E-state index is -0.816. The standard InChI is InChI=1S/C32H28N2O8/c1-3-41-31(35)26(21-24-13-17-27(18-14-24)33(37)38)22-30(25-15-19-28(20-16-25)34(39)40)29(32(36)42-4-2)12-8-11-23-9-6-5-7-10-23/h5-7,9-10,12-21,30H,3-4,22H2,1-2H3/b26-21-,29-12+. The predicted octanol–water partition coefficient (Wildman–Crippen LogP) is 6.16. The molecule has 0 spiro atoms. The number of ether oxygens (including phenoxy) is 2. The van der Waals surface area contributed by atoms with E-state index in [0.717, 1.165) is 0 Å². The average Bonchev–Trinajstić information content (AvgIpc) is 2.99. The molecule has 0 amide bonds. The van der Waals surface area contributed by atoms with E-state index in [9.17, 15) is 29.8 Å². The lowest BCUT2D eigenvalue weighted by atomic mass is 9.84. The molecule has 10 heteroatoms. The molecule has 214 valence electrons. The minimum absolute atomic E-state index is 0.0642. The van der Waals surface area contributed by atoms with Crippen molar-refractivity contribution in [2.45, 2.75) is 26.2 Å². The number of carbonyl (C=O) groups excluding carboxylic acids is 2. The van der Waals surface area contributed by atoms with Gasteiger partial charge >= 0.3 is 11.9 Å². The summed E-state index contributed by atoms with van der Waals surface area (Å²) in [5, 5.41) is 22.4. The Hall–Kier alpha value is -5.56. The summed E-state index contributed by atoms with van der Waals surface area (Å²) in [6, 6.07) is 20.4. The number of nitrogens with zero attached hydrogens (tertiary/aromatic N) is 2. The van der Waals surface area contributed by atoms with Gasteiger partial charge < -0.3 is 9.47 Å². The molecule has 0 radical (unpaired) electrons. The molecule has 0 saturated carbocycles. The van der Waals surface area contributed by atoms with Crippen molar-refractivity contribution in [3.63, 3.8) is 0 Å². The molecule has 10 nitrogen and oxygen atoms in total. The summed E-state index contributed by atoms with van der Waals surface area (Å²) in [6.07, 6.45) is 2.88. The molecular formula is C32H28N2O8. The molecule has 3 rings (SSSR count). The fourth-order valence-corrected chi connectivity index (χ4v) is 4.01. The van der Waals surface area contributed by atoms with E-state index in [1.807, 2.05) is 30.3 Å². The van der Waals surface area contributed by atoms with E-state index in [0.29, 0.717) is 16.7 Å². The first-order valence-electron chi connectivity index (χ1n) is 13.0. The molecule has 0 N–H and O–H groups in total. The quantitative estimate of drug-likeness (QED) is 0.0880. The molecule has 3 aromatic carbocycles. The Morgan fingerprint density at radius 3 is 1.90 bits per heavy atom. The first-order valence-corrected chi connectivity index (χ1v) is 13.0. The van der Waals surface area contributed by atoms with Gasteiger partial charge in [0.05, 0.1) is 28.6 Å². The average molecular weight is 569 g/mol. The summed E-state index contributed by atoms with van der Waals surface area (Å²) in [6.45, 7) is 3.48. The van der Waals surface area contributed by atoms with Crippen molar-refractivity contribution in [2.24, 2.45) is 0 Å². The van der Waals surface area contributed by atoms with Crippen LogP contribution in [0.5, 0.6) is 0 Å². The van der Waals surface area contributed by atoms with Crippen molar-refractivity contribution in [3.8, 4) is 11.8 Å². The highest BCUT2D eigenvalue weighted by Crippen LogP contribution is 2.34. The predicted molar refractivity (Wildman–Crippen MR) is 156 cm³/mol. The van der Waals surface area contributed by atoms with Gasteiger partial charge in [0.15, 0.2) is 0 Å². The number of carbonyl (C=O) groups is 2. The van der Waals surface area contributed by atoms with E-state index < -0.39 is 27.7 Å². The Morgan fingerprint density at radius 2 is 1.36 bits per heavy atom. The minimum Gasteiger partial charge on any atom is -0.463 e. The van der Waals surface area contributed by atoms with Crippen LogP contribution in [0.4, 0.5) is 11.4 Å². The van der Waals surface area contributed by atoms with Crippen LogP contribution in [-0.2, 0) is 19.1 Å². The molecule has 0 bridgehead atoms. The zero-order valence-electron chi connectivity index (χ0n) is 23.0. The summed E-state index contributed by atoms with van der Waals surface area (Å²) in [4.78, 5) is 47.6. The number of nitro groups is 2. The van der Waals surface area contributed by atoms with E-state index in [2.05, 4.69) is 11.8 Å². The molecule has 3 aromatic rings. The fraction of sp³-hybridized carbons (Fsp3) is 0.188. The van der Waals surface area contributed by atoms with Crippen LogP contribution >= 0.6 is 0 Å². The van der Waals surface area contributed by atoms with Gasteiger partial charge in [0, 0.05) is 41.3 Å². The van der Waals surface area contributed by atoms with Gasteiger partial charge in [0.1, 0.15) is 0 Å². The Bertz CT molecular complexity index is 1550. The molecule has 0 saturated heterocycles. The van der Waals surface area contributed by atoms with Crippen LogP contribution in [0, 0.1) is 32.1 Å². The maximum Gasteiger partial charge on any atom is 0.335 e. The molecule has 0 aliphatic rings. The Morgan fingerprint density at radius 1 is 0.810 bits per heavy atom. The van der Waals surface area contributed by atoms with Gasteiger partial charge in [-0.05, 0) is 67.8 Å². The second kappa shape index (κ2) is 15.3. The van der Waals surface area contributed by atoms with E-state index >= 15 is 0 Å². The highest BCUT2D eigenvalue weighted by molar-refractivity contribution is 5.95. The largest absolute Gasteiger partial charge is 0.463 e. The van der Waals surface area contributed by atoms with E-state index in [4.69, 9.17) is 9.47 Å². The third-order valence-corrected chi connectivity index (χ3v) is 6.02. The number of hydrogen-bond donors (Lipinski definition) is 0. The van der Waals surface area contributed by atoms with Crippen LogP contribution in [-0.4, -0.2) is 35.0 Å². The SMILES string of the molecule is CCOC(=O)/C(=C\c1ccc([N+](=O)[O-])cc1)CC(/C(=C\C#Cc1ccccc1)C(=O)OCC)c1ccc([N+](=O)[O-])cc1. The maximum atomic E-state index is 13.2. The first kappa shape index (κ1) is 31.0. The Labute approximate surface area is 242 Å². The van der Waals surface area contributed by atoms with Crippen molar-refractivity contribution >= 4 is 29.4 Å². The third-order valence-electron chi connectivity index (χ3n) is 6.02.